The van der Waals surface area contributed by atoms with Crippen molar-refractivity contribution in [1.82, 2.24) is 64.8 Å². The molecule has 20 aromatic rings. The van der Waals surface area contributed by atoms with Crippen molar-refractivity contribution in [3.63, 3.8) is 0 Å². The summed E-state index contributed by atoms with van der Waals surface area (Å²) >= 11 is 0. The predicted molar refractivity (Wildman–Crippen MR) is 512 cm³/mol. The maximum absolute atomic E-state index is 4.49. The van der Waals surface area contributed by atoms with Crippen LogP contribution in [-0.2, 0) is 80.4 Å². The van der Waals surface area contributed by atoms with E-state index < -0.39 is 0 Å². The number of hydrogen-bond acceptors (Lipinski definition) is 13. The summed E-state index contributed by atoms with van der Waals surface area (Å²) in [7, 11) is 0. The van der Waals surface area contributed by atoms with Crippen molar-refractivity contribution in [2.45, 2.75) is 48.5 Å². The van der Waals surface area contributed by atoms with Crippen LogP contribution < -0.4 is 0 Å². The fraction of sp³-hybridized carbons (Fsp3) is 0.0614. The van der Waals surface area contributed by atoms with Crippen LogP contribution >= 0.6 is 0 Å². The van der Waals surface area contributed by atoms with E-state index in [4.69, 9.17) is 0 Å². The molecule has 0 aliphatic heterocycles. The van der Waals surface area contributed by atoms with Crippen LogP contribution in [0.1, 0.15) is 39.6 Å². The van der Waals surface area contributed by atoms with Crippen molar-refractivity contribution in [1.29, 1.82) is 0 Å². The van der Waals surface area contributed by atoms with Gasteiger partial charge in [0.25, 0.3) is 0 Å². The Morgan fingerprint density at radius 2 is 0.458 bits per heavy atom. The fourth-order valence-corrected chi connectivity index (χ4v) is 12.4. The van der Waals surface area contributed by atoms with Crippen LogP contribution in [0.25, 0.3) is 135 Å². The molecule has 0 unspecified atom stereocenters. The first-order chi connectivity index (χ1) is 62.4. The molecule has 11 heterocycles. The van der Waals surface area contributed by atoms with Crippen molar-refractivity contribution < 1.29 is 80.4 Å². The van der Waals surface area contributed by atoms with Gasteiger partial charge in [-0.1, -0.05) is 127 Å². The molecule has 0 aliphatic carbocycles. The number of aryl methyl sites for hydroxylation is 7. The summed E-state index contributed by atoms with van der Waals surface area (Å²) in [5.74, 6) is 2.09. The Labute approximate surface area is 823 Å². The summed E-state index contributed by atoms with van der Waals surface area (Å²) in [4.78, 5) is 56.5. The van der Waals surface area contributed by atoms with Crippen molar-refractivity contribution in [2.24, 2.45) is 0 Å². The normalized spacial score (nSPS) is 9.85. The molecule has 0 aliphatic rings. The van der Waals surface area contributed by atoms with E-state index in [2.05, 4.69) is 168 Å². The molecule has 0 saturated carbocycles. The van der Waals surface area contributed by atoms with Crippen LogP contribution in [0.3, 0.4) is 0 Å². The monoisotopic (exact) mass is 2410 g/mol. The number of pyridine rings is 10. The van der Waals surface area contributed by atoms with Crippen molar-refractivity contribution >= 4 is 0 Å². The first-order valence-electron chi connectivity index (χ1n) is 41.3. The second-order valence-electron chi connectivity index (χ2n) is 28.8. The predicted octanol–water partition coefficient (Wildman–Crippen LogP) is 26.2. The molecule has 0 bridgehead atoms. The fourth-order valence-electron chi connectivity index (χ4n) is 12.4. The van der Waals surface area contributed by atoms with Crippen LogP contribution in [0.15, 0.2) is 414 Å². The van der Waals surface area contributed by atoms with E-state index in [9.17, 15) is 0 Å². The third-order valence-electron chi connectivity index (χ3n) is 19.0. The number of hydrogen-bond donors (Lipinski definition) is 0. The van der Waals surface area contributed by atoms with Gasteiger partial charge in [0.15, 0.2) is 5.82 Å². The van der Waals surface area contributed by atoms with Gasteiger partial charge in [0.1, 0.15) is 11.6 Å². The Morgan fingerprint density at radius 1 is 0.176 bits per heavy atom. The van der Waals surface area contributed by atoms with Gasteiger partial charge in [-0.3, -0.25) is 9.97 Å². The summed E-state index contributed by atoms with van der Waals surface area (Å²) in [6.45, 7) is 13.8. The van der Waals surface area contributed by atoms with E-state index in [1.807, 2.05) is 389 Å². The van der Waals surface area contributed by atoms with E-state index in [1.165, 1.54) is 33.4 Å². The molecule has 654 valence electrons. The Bertz CT molecular complexity index is 6020. The topological polar surface area (TPSA) is 168 Å². The zero-order chi connectivity index (χ0) is 87.8. The standard InChI is InChI=1S/C17H13N2.C17H12N.C16H13N4.C16H11N2.4C12H10N.4Ir/c1-13-7-8-15(11-18-13)16-9-10-17(19-12-16)14-5-3-2-4-6-14;1-3-7-14(8-4-1)16-11-12-18-17(13-16)15-9-5-2-6-10-15;1-11-18-12(2)20-16(19-11)14-8-9-15(17-10-14)13-6-4-3-5-7-13;1-2-6-13(7-3-1)16-12-14(9-11-18-16)15-8-4-5-10-17-15;4*1-10-7-8-12(13-9-10)11-5-3-2-4-6-11;;;;/h2-5,7-12H,1H3;1-9,11-13H;3-6,8-10H,1-2H3;1-6,8-12H;4*2-5,7-9H,1H3;;;;/q8*-1;;;;. The Hall–Kier alpha value is -13.9. The smallest absolute Gasteiger partial charge is 0.164 e. The number of aromatic nitrogens is 13. The molecule has 0 saturated heterocycles. The molecule has 17 heteroatoms. The van der Waals surface area contributed by atoms with Gasteiger partial charge in [-0.25, -0.2) is 15.0 Å². The maximum atomic E-state index is 4.49. The van der Waals surface area contributed by atoms with Crippen LogP contribution in [0, 0.1) is 97.0 Å². The van der Waals surface area contributed by atoms with Crippen LogP contribution in [-0.4, -0.2) is 64.8 Å². The molecule has 0 amide bonds. The molecule has 4 radical (unpaired) electrons. The van der Waals surface area contributed by atoms with Gasteiger partial charge in [-0.2, -0.15) is 0 Å². The molecule has 20 rings (SSSR count). The van der Waals surface area contributed by atoms with Gasteiger partial charge in [-0.15, -0.1) is 287 Å². The minimum atomic E-state index is 0. The van der Waals surface area contributed by atoms with E-state index in [0.29, 0.717) is 17.5 Å². The molecule has 0 fully saturated rings. The third-order valence-corrected chi connectivity index (χ3v) is 19.0. The molecule has 11 aromatic heterocycles. The first-order valence-corrected chi connectivity index (χ1v) is 41.3. The summed E-state index contributed by atoms with van der Waals surface area (Å²) in [6, 6.07) is 141. The summed E-state index contributed by atoms with van der Waals surface area (Å²) < 4.78 is 0. The SMILES string of the molecule is Cc1ccc(-c2[c-]cccc2)nc1.Cc1ccc(-c2[c-]cccc2)nc1.Cc1ccc(-c2[c-]cccc2)nc1.Cc1ccc(-c2[c-]cccc2)nc1.Cc1ccc(-c2ccc(-c3[c-]cccc3)nc2)cn1.Cc1nc(C)nc(-c2ccc(-c3[c-]cccc3)nc2)n1.[Ir].[Ir].[Ir].[Ir].[c-]1ccccc1-c1cc(-c2ccccc2)ccn1.[c-]1ccccc1-c1cc(-c2ccccn2)ccn1. The van der Waals surface area contributed by atoms with Gasteiger partial charge in [0, 0.05) is 159 Å². The van der Waals surface area contributed by atoms with Crippen molar-refractivity contribution in [2.75, 3.05) is 0 Å². The average molecular weight is 2410 g/mol. The molecule has 0 spiro atoms. The quantitative estimate of drug-likeness (QED) is 0.106. The van der Waals surface area contributed by atoms with E-state index >= 15 is 0 Å². The van der Waals surface area contributed by atoms with Crippen molar-refractivity contribution in [3.05, 3.63) is 502 Å². The largest absolute Gasteiger partial charge is 0.305 e. The van der Waals surface area contributed by atoms with Gasteiger partial charge in [0.2, 0.25) is 0 Å². The molecule has 0 N–H and O–H groups in total. The van der Waals surface area contributed by atoms with Crippen molar-refractivity contribution in [3.8, 4) is 135 Å². The Morgan fingerprint density at radius 3 is 0.748 bits per heavy atom. The number of rotatable bonds is 12. The first kappa shape index (κ1) is 101. The van der Waals surface area contributed by atoms with Gasteiger partial charge in [-0.05, 0) is 169 Å². The van der Waals surface area contributed by atoms with Gasteiger partial charge in [0.05, 0.1) is 5.69 Å². The molecule has 9 aromatic carbocycles. The second-order valence-corrected chi connectivity index (χ2v) is 28.8. The van der Waals surface area contributed by atoms with E-state index in [-0.39, 0.29) is 80.4 Å². The third kappa shape index (κ3) is 32.4. The molecule has 13 nitrogen and oxygen atoms in total. The molecule has 0 atom stereocenters. The van der Waals surface area contributed by atoms with Crippen LogP contribution in [0.2, 0.25) is 0 Å². The van der Waals surface area contributed by atoms with Crippen LogP contribution in [0.4, 0.5) is 0 Å². The van der Waals surface area contributed by atoms with Gasteiger partial charge >= 0.3 is 0 Å². The minimum Gasteiger partial charge on any atom is -0.305 e. The number of benzene rings is 9. The zero-order valence-corrected chi connectivity index (χ0v) is 82.5. The van der Waals surface area contributed by atoms with Gasteiger partial charge < -0.3 is 39.9 Å². The Balaban J connectivity index is 0.000000169. The summed E-state index contributed by atoms with van der Waals surface area (Å²) in [6.07, 6.45) is 18.5. The molecular formula is C114H89Ir4N13-8. The van der Waals surface area contributed by atoms with E-state index in [0.717, 1.165) is 124 Å². The molecule has 131 heavy (non-hydrogen) atoms. The average Bonchev–Trinajstić information content (AvgIpc) is 0.841. The summed E-state index contributed by atoms with van der Waals surface area (Å²) in [5.41, 5.74) is 29.0. The zero-order valence-electron chi connectivity index (χ0n) is 72.9. The van der Waals surface area contributed by atoms with E-state index in [1.54, 1.807) is 18.6 Å². The second kappa shape index (κ2) is 54.4. The molecular weight excluding hydrogens is 2320 g/mol. The summed E-state index contributed by atoms with van der Waals surface area (Å²) in [5, 5.41) is 0. The van der Waals surface area contributed by atoms with Crippen LogP contribution in [0.5, 0.6) is 0 Å². The minimum absolute atomic E-state index is 0. The Kier molecular flexibility index (Phi) is 41.9. The maximum Gasteiger partial charge on any atom is 0.164 e. The number of nitrogens with zero attached hydrogens (tertiary/aromatic N) is 13.